The average Bonchev–Trinajstić information content (AvgIpc) is 2.76. The van der Waals surface area contributed by atoms with E-state index < -0.39 is 79.0 Å². The number of aliphatic carboxylic acids is 2. The summed E-state index contributed by atoms with van der Waals surface area (Å²) in [6.07, 6.45) is -1.53. The van der Waals surface area contributed by atoms with Crippen molar-refractivity contribution < 1.29 is 44.1 Å². The predicted octanol–water partition coefficient (Wildman–Crippen LogP) is -2.44. The van der Waals surface area contributed by atoms with Crippen molar-refractivity contribution in [1.29, 1.82) is 0 Å². The van der Waals surface area contributed by atoms with Crippen LogP contribution < -0.4 is 27.4 Å². The number of phenolic OH excluding ortho intramolecular Hbond substituents is 1. The highest BCUT2D eigenvalue weighted by Gasteiger charge is 2.30. The van der Waals surface area contributed by atoms with Crippen LogP contribution in [0.2, 0.25) is 0 Å². The van der Waals surface area contributed by atoms with E-state index in [9.17, 15) is 33.9 Å². The van der Waals surface area contributed by atoms with Crippen molar-refractivity contribution in [2.45, 2.75) is 56.8 Å². The molecule has 1 rings (SSSR count). The van der Waals surface area contributed by atoms with Crippen LogP contribution >= 0.6 is 0 Å². The molecule has 4 atom stereocenters. The molecule has 14 heteroatoms. The van der Waals surface area contributed by atoms with Crippen LogP contribution in [0.15, 0.2) is 24.3 Å². The number of hydrogen-bond donors (Lipinski definition) is 8. The van der Waals surface area contributed by atoms with E-state index in [0.29, 0.717) is 5.56 Å². The highest BCUT2D eigenvalue weighted by atomic mass is 16.4. The number of phenols is 1. The fourth-order valence-electron chi connectivity index (χ4n) is 2.87. The van der Waals surface area contributed by atoms with Gasteiger partial charge in [-0.1, -0.05) is 12.1 Å². The molecular formula is C21H29N5O9. The maximum Gasteiger partial charge on any atom is 0.326 e. The van der Waals surface area contributed by atoms with Gasteiger partial charge in [-0.3, -0.25) is 24.0 Å². The molecule has 0 aliphatic heterocycles. The highest BCUT2D eigenvalue weighted by molar-refractivity contribution is 5.94. The molecule has 14 nitrogen and oxygen atoms in total. The van der Waals surface area contributed by atoms with E-state index in [1.165, 1.54) is 19.1 Å². The van der Waals surface area contributed by atoms with E-state index >= 15 is 0 Å². The summed E-state index contributed by atoms with van der Waals surface area (Å²) in [6.45, 7) is 1.31. The number of nitrogens with one attached hydrogen (secondary N) is 3. The highest BCUT2D eigenvalue weighted by Crippen LogP contribution is 2.11. The Balaban J connectivity index is 2.79. The number of carboxylic acids is 2. The van der Waals surface area contributed by atoms with Gasteiger partial charge in [0, 0.05) is 6.42 Å². The largest absolute Gasteiger partial charge is 0.508 e. The van der Waals surface area contributed by atoms with E-state index in [1.54, 1.807) is 12.1 Å². The minimum absolute atomic E-state index is 0.0443. The lowest BCUT2D eigenvalue weighted by Crippen LogP contribution is -2.56. The van der Waals surface area contributed by atoms with Gasteiger partial charge in [0.05, 0.1) is 12.5 Å². The quantitative estimate of drug-likeness (QED) is 0.135. The van der Waals surface area contributed by atoms with Crippen LogP contribution in [0.4, 0.5) is 0 Å². The number of nitrogens with two attached hydrogens (primary N) is 2. The topological polar surface area (TPSA) is 251 Å². The summed E-state index contributed by atoms with van der Waals surface area (Å²) in [5.74, 6) is -6.36. The third-order valence-corrected chi connectivity index (χ3v) is 4.78. The van der Waals surface area contributed by atoms with Gasteiger partial charge < -0.3 is 42.7 Å². The summed E-state index contributed by atoms with van der Waals surface area (Å²) < 4.78 is 0. The molecule has 35 heavy (non-hydrogen) atoms. The number of primary amides is 1. The lowest BCUT2D eigenvalue weighted by atomic mass is 10.1. The normalized spacial score (nSPS) is 14.0. The number of carboxylic acid groups (broad SMARTS) is 2. The van der Waals surface area contributed by atoms with Gasteiger partial charge in [0.15, 0.2) is 0 Å². The Labute approximate surface area is 200 Å². The van der Waals surface area contributed by atoms with E-state index in [0.717, 1.165) is 0 Å². The van der Waals surface area contributed by atoms with Crippen LogP contribution in [0, 0.1) is 0 Å². The molecule has 1 aromatic rings. The number of rotatable bonds is 14. The molecule has 0 heterocycles. The molecule has 0 saturated heterocycles. The summed E-state index contributed by atoms with van der Waals surface area (Å²) in [5, 5.41) is 34.0. The van der Waals surface area contributed by atoms with Gasteiger partial charge in [-0.15, -0.1) is 0 Å². The first-order valence-corrected chi connectivity index (χ1v) is 10.5. The number of amides is 4. The second-order valence-electron chi connectivity index (χ2n) is 7.77. The van der Waals surface area contributed by atoms with Crippen molar-refractivity contribution in [1.82, 2.24) is 16.0 Å². The smallest absolute Gasteiger partial charge is 0.326 e. The van der Waals surface area contributed by atoms with Crippen molar-refractivity contribution >= 4 is 35.6 Å². The van der Waals surface area contributed by atoms with Crippen molar-refractivity contribution in [2.75, 3.05) is 0 Å². The van der Waals surface area contributed by atoms with Gasteiger partial charge in [-0.05, 0) is 37.5 Å². The maximum atomic E-state index is 12.5. The number of carbonyl (C=O) groups is 6. The van der Waals surface area contributed by atoms with Gasteiger partial charge in [-0.25, -0.2) is 4.79 Å². The number of benzene rings is 1. The molecule has 192 valence electrons. The molecular weight excluding hydrogens is 466 g/mol. The Morgan fingerprint density at radius 2 is 1.46 bits per heavy atom. The van der Waals surface area contributed by atoms with Crippen molar-refractivity contribution in [3.05, 3.63) is 29.8 Å². The fourth-order valence-corrected chi connectivity index (χ4v) is 2.87. The van der Waals surface area contributed by atoms with Crippen LogP contribution in [-0.2, 0) is 35.2 Å². The first-order valence-electron chi connectivity index (χ1n) is 10.5. The number of hydrogen-bond acceptors (Lipinski definition) is 8. The Kier molecular flexibility index (Phi) is 11.1. The van der Waals surface area contributed by atoms with Crippen LogP contribution in [-0.4, -0.2) is 75.1 Å². The van der Waals surface area contributed by atoms with Gasteiger partial charge in [0.1, 0.15) is 23.9 Å². The van der Waals surface area contributed by atoms with E-state index in [-0.39, 0.29) is 12.2 Å². The molecule has 4 unspecified atom stereocenters. The fraction of sp³-hybridized carbons (Fsp3) is 0.429. The molecule has 0 aromatic heterocycles. The molecule has 10 N–H and O–H groups in total. The third kappa shape index (κ3) is 10.5. The Bertz CT molecular complexity index is 951. The molecule has 0 bridgehead atoms. The Hall–Kier alpha value is -4.20. The molecule has 1 aromatic carbocycles. The monoisotopic (exact) mass is 495 g/mol. The molecule has 0 fully saturated rings. The van der Waals surface area contributed by atoms with Gasteiger partial charge in [-0.2, -0.15) is 0 Å². The summed E-state index contributed by atoms with van der Waals surface area (Å²) in [6, 6.07) is 0.630. The zero-order valence-corrected chi connectivity index (χ0v) is 18.9. The Morgan fingerprint density at radius 3 is 1.97 bits per heavy atom. The first kappa shape index (κ1) is 28.8. The van der Waals surface area contributed by atoms with Gasteiger partial charge >= 0.3 is 11.9 Å². The van der Waals surface area contributed by atoms with E-state index in [2.05, 4.69) is 10.6 Å². The molecule has 0 spiro atoms. The lowest BCUT2D eigenvalue weighted by molar-refractivity contribution is -0.144. The second kappa shape index (κ2) is 13.5. The SMILES string of the molecule is CC(NC(=O)C(N)Cc1ccc(O)cc1)C(=O)NC(CCC(=O)O)C(=O)NC(CC(N)=O)C(=O)O. The van der Waals surface area contributed by atoms with Crippen molar-refractivity contribution in [3.63, 3.8) is 0 Å². The van der Waals surface area contributed by atoms with Crippen LogP contribution in [0.5, 0.6) is 5.75 Å². The van der Waals surface area contributed by atoms with Gasteiger partial charge in [0.25, 0.3) is 0 Å². The second-order valence-corrected chi connectivity index (χ2v) is 7.77. The van der Waals surface area contributed by atoms with Gasteiger partial charge in [0.2, 0.25) is 23.6 Å². The Morgan fingerprint density at radius 1 is 0.886 bits per heavy atom. The molecule has 0 aliphatic rings. The summed E-state index contributed by atoms with van der Waals surface area (Å²) >= 11 is 0. The predicted molar refractivity (Wildman–Crippen MR) is 120 cm³/mol. The standard InChI is InChI=1S/C21H29N5O9/c1-10(24-19(32)13(22)8-11-2-4-12(27)5-3-11)18(31)25-14(6-7-17(29)30)20(33)26-15(21(34)35)9-16(23)28/h2-5,10,13-15,27H,6-9,22H2,1H3,(H2,23,28)(H,24,32)(H,25,31)(H,26,33)(H,29,30)(H,34,35). The number of carbonyl (C=O) groups excluding carboxylic acids is 4. The average molecular weight is 495 g/mol. The molecule has 0 aliphatic carbocycles. The van der Waals surface area contributed by atoms with Crippen molar-refractivity contribution in [2.24, 2.45) is 11.5 Å². The minimum Gasteiger partial charge on any atom is -0.508 e. The summed E-state index contributed by atoms with van der Waals surface area (Å²) in [5.41, 5.74) is 11.5. The van der Waals surface area contributed by atoms with Crippen LogP contribution in [0.3, 0.4) is 0 Å². The molecule has 4 amide bonds. The van der Waals surface area contributed by atoms with Crippen molar-refractivity contribution in [3.8, 4) is 5.75 Å². The molecule has 0 saturated carbocycles. The first-order chi connectivity index (χ1) is 16.3. The zero-order valence-electron chi connectivity index (χ0n) is 18.9. The lowest BCUT2D eigenvalue weighted by Gasteiger charge is -2.23. The van der Waals surface area contributed by atoms with E-state index in [1.807, 2.05) is 5.32 Å². The van der Waals surface area contributed by atoms with E-state index in [4.69, 9.17) is 21.7 Å². The van der Waals surface area contributed by atoms with Crippen LogP contribution in [0.25, 0.3) is 0 Å². The number of aromatic hydroxyl groups is 1. The third-order valence-electron chi connectivity index (χ3n) is 4.78. The zero-order chi connectivity index (χ0) is 26.7. The summed E-state index contributed by atoms with van der Waals surface area (Å²) in [4.78, 5) is 70.6. The summed E-state index contributed by atoms with van der Waals surface area (Å²) in [7, 11) is 0. The minimum atomic E-state index is -1.68. The molecule has 0 radical (unpaired) electrons. The van der Waals surface area contributed by atoms with Crippen LogP contribution in [0.1, 0.15) is 31.7 Å². The maximum absolute atomic E-state index is 12.5.